The van der Waals surface area contributed by atoms with Gasteiger partial charge in [0.25, 0.3) is 0 Å². The molecule has 154 valence electrons. The first-order chi connectivity index (χ1) is 13.8. The van der Waals surface area contributed by atoms with E-state index >= 15 is 0 Å². The number of hydrogen-bond donors (Lipinski definition) is 0. The molecule has 0 spiro atoms. The predicted octanol–water partition coefficient (Wildman–Crippen LogP) is 3.42. The molecular formula is C24H37N3O. The molecule has 1 aromatic rings. The van der Waals surface area contributed by atoms with Gasteiger partial charge in [-0.15, -0.1) is 0 Å². The molecule has 3 aliphatic rings. The van der Waals surface area contributed by atoms with Gasteiger partial charge in [-0.25, -0.2) is 0 Å². The van der Waals surface area contributed by atoms with E-state index in [1.165, 1.54) is 63.7 Å². The van der Waals surface area contributed by atoms with Crippen molar-refractivity contribution < 1.29 is 4.79 Å². The Labute approximate surface area is 170 Å². The summed E-state index contributed by atoms with van der Waals surface area (Å²) in [5.74, 6) is 0.748. The summed E-state index contributed by atoms with van der Waals surface area (Å²) in [6, 6.07) is 11.6. The van der Waals surface area contributed by atoms with Crippen LogP contribution in [0.4, 0.5) is 0 Å². The fraction of sp³-hybridized carbons (Fsp3) is 0.708. The number of amides is 1. The molecule has 0 N–H and O–H groups in total. The summed E-state index contributed by atoms with van der Waals surface area (Å²) in [4.78, 5) is 20.1. The monoisotopic (exact) mass is 383 g/mol. The molecule has 0 radical (unpaired) electrons. The van der Waals surface area contributed by atoms with Crippen LogP contribution in [0.5, 0.6) is 0 Å². The van der Waals surface area contributed by atoms with Crippen LogP contribution in [-0.2, 0) is 11.2 Å². The molecule has 1 aromatic carbocycles. The molecule has 0 saturated carbocycles. The van der Waals surface area contributed by atoms with Gasteiger partial charge in [-0.3, -0.25) is 4.79 Å². The second-order valence-electron chi connectivity index (χ2n) is 9.00. The van der Waals surface area contributed by atoms with E-state index < -0.39 is 0 Å². The first-order valence-corrected chi connectivity index (χ1v) is 11.6. The molecule has 1 amide bonds. The fourth-order valence-corrected chi connectivity index (χ4v) is 5.37. The Kier molecular flexibility index (Phi) is 7.03. The quantitative estimate of drug-likeness (QED) is 0.753. The summed E-state index contributed by atoms with van der Waals surface area (Å²) >= 11 is 0. The van der Waals surface area contributed by atoms with Gasteiger partial charge in [0.1, 0.15) is 0 Å². The second-order valence-corrected chi connectivity index (χ2v) is 9.00. The van der Waals surface area contributed by atoms with Crippen molar-refractivity contribution in [1.29, 1.82) is 0 Å². The molecule has 4 heteroatoms. The van der Waals surface area contributed by atoms with Crippen molar-refractivity contribution in [2.45, 2.75) is 57.4 Å². The average Bonchev–Trinajstić information content (AvgIpc) is 3.30. The number of likely N-dealkylation sites (tertiary alicyclic amines) is 3. The Hall–Kier alpha value is -1.39. The van der Waals surface area contributed by atoms with Gasteiger partial charge in [0.05, 0.1) is 0 Å². The third kappa shape index (κ3) is 5.15. The highest BCUT2D eigenvalue weighted by Crippen LogP contribution is 2.26. The van der Waals surface area contributed by atoms with Gasteiger partial charge >= 0.3 is 0 Å². The number of aryl methyl sites for hydroxylation is 1. The van der Waals surface area contributed by atoms with Gasteiger partial charge in [-0.1, -0.05) is 30.3 Å². The van der Waals surface area contributed by atoms with E-state index in [1.54, 1.807) is 0 Å². The number of rotatable bonds is 6. The Morgan fingerprint density at radius 2 is 1.54 bits per heavy atom. The number of piperidine rings is 2. The molecule has 4 nitrogen and oxygen atoms in total. The van der Waals surface area contributed by atoms with Gasteiger partial charge in [-0.05, 0) is 89.7 Å². The van der Waals surface area contributed by atoms with Crippen LogP contribution in [0.2, 0.25) is 0 Å². The lowest BCUT2D eigenvalue weighted by atomic mass is 9.92. The van der Waals surface area contributed by atoms with Gasteiger partial charge in [0.15, 0.2) is 0 Å². The number of nitrogens with zero attached hydrogens (tertiary/aromatic N) is 3. The lowest BCUT2D eigenvalue weighted by Crippen LogP contribution is -2.49. The first-order valence-electron chi connectivity index (χ1n) is 11.6. The Balaban J connectivity index is 1.13. The maximum absolute atomic E-state index is 12.6. The summed E-state index contributed by atoms with van der Waals surface area (Å²) in [5.41, 5.74) is 1.46. The molecule has 0 bridgehead atoms. The molecular weight excluding hydrogens is 346 g/mol. The minimum atomic E-state index is 0.299. The average molecular weight is 384 g/mol. The maximum Gasteiger partial charge on any atom is 0.225 e. The predicted molar refractivity (Wildman–Crippen MR) is 114 cm³/mol. The van der Waals surface area contributed by atoms with E-state index in [0.717, 1.165) is 45.1 Å². The highest BCUT2D eigenvalue weighted by molar-refractivity contribution is 5.79. The second kappa shape index (κ2) is 9.89. The minimum absolute atomic E-state index is 0.299. The van der Waals surface area contributed by atoms with Crippen LogP contribution >= 0.6 is 0 Å². The van der Waals surface area contributed by atoms with Crippen LogP contribution in [0, 0.1) is 5.92 Å². The third-order valence-corrected chi connectivity index (χ3v) is 7.15. The smallest absolute Gasteiger partial charge is 0.225 e. The van der Waals surface area contributed by atoms with E-state index in [1.807, 2.05) is 0 Å². The zero-order valence-electron chi connectivity index (χ0n) is 17.4. The Morgan fingerprint density at radius 1 is 0.857 bits per heavy atom. The fourth-order valence-electron chi connectivity index (χ4n) is 5.37. The van der Waals surface area contributed by atoms with Gasteiger partial charge < -0.3 is 14.7 Å². The molecule has 4 rings (SSSR count). The van der Waals surface area contributed by atoms with Gasteiger partial charge in [-0.2, -0.15) is 0 Å². The zero-order valence-corrected chi connectivity index (χ0v) is 17.4. The summed E-state index contributed by atoms with van der Waals surface area (Å²) in [6.45, 7) is 7.97. The largest absolute Gasteiger partial charge is 0.342 e. The first kappa shape index (κ1) is 19.9. The number of benzene rings is 1. The SMILES string of the molecule is O=C(C1CCN(C2CCN(CCCc3ccccc3)CC2)CC1)N1CCCC1. The van der Waals surface area contributed by atoms with Crippen LogP contribution in [-0.4, -0.2) is 72.5 Å². The van der Waals surface area contributed by atoms with E-state index in [0.29, 0.717) is 11.8 Å². The number of carbonyl (C=O) groups excluding carboxylic acids is 1. The molecule has 3 aliphatic heterocycles. The maximum atomic E-state index is 12.6. The minimum Gasteiger partial charge on any atom is -0.342 e. The van der Waals surface area contributed by atoms with Crippen molar-refractivity contribution in [2.75, 3.05) is 45.8 Å². The van der Waals surface area contributed by atoms with Crippen LogP contribution in [0.15, 0.2) is 30.3 Å². The van der Waals surface area contributed by atoms with E-state index in [2.05, 4.69) is 45.0 Å². The standard InChI is InChI=1S/C24H37N3O/c28-24(27-15-4-5-16-27)22-10-19-26(20-11-22)23-12-17-25(18-13-23)14-6-9-21-7-2-1-3-8-21/h1-3,7-8,22-23H,4-6,9-20H2. The van der Waals surface area contributed by atoms with E-state index in [-0.39, 0.29) is 0 Å². The number of carbonyl (C=O) groups is 1. The third-order valence-electron chi connectivity index (χ3n) is 7.15. The van der Waals surface area contributed by atoms with Crippen molar-refractivity contribution in [3.8, 4) is 0 Å². The van der Waals surface area contributed by atoms with Crippen LogP contribution < -0.4 is 0 Å². The Morgan fingerprint density at radius 3 is 2.21 bits per heavy atom. The van der Waals surface area contributed by atoms with E-state index in [9.17, 15) is 4.79 Å². The molecule has 0 aromatic heterocycles. The highest BCUT2D eigenvalue weighted by atomic mass is 16.2. The molecule has 3 saturated heterocycles. The van der Waals surface area contributed by atoms with Crippen molar-refractivity contribution >= 4 is 5.91 Å². The summed E-state index contributed by atoms with van der Waals surface area (Å²) in [5, 5.41) is 0. The molecule has 0 atom stereocenters. The van der Waals surface area contributed by atoms with Crippen molar-refractivity contribution in [3.63, 3.8) is 0 Å². The van der Waals surface area contributed by atoms with Gasteiger partial charge in [0, 0.05) is 25.0 Å². The molecule has 3 fully saturated rings. The molecule has 3 heterocycles. The van der Waals surface area contributed by atoms with Gasteiger partial charge in [0.2, 0.25) is 5.91 Å². The molecule has 0 unspecified atom stereocenters. The van der Waals surface area contributed by atoms with Crippen molar-refractivity contribution in [3.05, 3.63) is 35.9 Å². The summed E-state index contributed by atoms with van der Waals surface area (Å²) in [7, 11) is 0. The van der Waals surface area contributed by atoms with Crippen molar-refractivity contribution in [2.24, 2.45) is 5.92 Å². The number of hydrogen-bond acceptors (Lipinski definition) is 3. The zero-order chi connectivity index (χ0) is 19.2. The van der Waals surface area contributed by atoms with Crippen LogP contribution in [0.3, 0.4) is 0 Å². The molecule has 0 aliphatic carbocycles. The lowest BCUT2D eigenvalue weighted by Gasteiger charge is -2.42. The van der Waals surface area contributed by atoms with Crippen LogP contribution in [0.1, 0.15) is 50.5 Å². The Bertz CT molecular complexity index is 598. The normalized spacial score (nSPS) is 23.4. The summed E-state index contributed by atoms with van der Waals surface area (Å²) < 4.78 is 0. The topological polar surface area (TPSA) is 26.8 Å². The molecule has 28 heavy (non-hydrogen) atoms. The van der Waals surface area contributed by atoms with Crippen LogP contribution in [0.25, 0.3) is 0 Å². The van der Waals surface area contributed by atoms with E-state index in [4.69, 9.17) is 0 Å². The van der Waals surface area contributed by atoms with Crippen molar-refractivity contribution in [1.82, 2.24) is 14.7 Å². The lowest BCUT2D eigenvalue weighted by molar-refractivity contribution is -0.136. The highest BCUT2D eigenvalue weighted by Gasteiger charge is 2.32. The summed E-state index contributed by atoms with van der Waals surface area (Å²) in [6.07, 6.45) is 9.62.